The van der Waals surface area contributed by atoms with Crippen LogP contribution in [0.5, 0.6) is 11.6 Å². The molecule has 0 fully saturated rings. The van der Waals surface area contributed by atoms with Crippen LogP contribution in [0.2, 0.25) is 0 Å². The third-order valence-electron chi connectivity index (χ3n) is 2.33. The second-order valence-corrected chi connectivity index (χ2v) is 4.99. The Bertz CT molecular complexity index is 620. The normalized spacial score (nSPS) is 10.2. The van der Waals surface area contributed by atoms with Crippen LogP contribution in [0.1, 0.15) is 5.56 Å². The first-order chi connectivity index (χ1) is 9.11. The van der Waals surface area contributed by atoms with Crippen molar-refractivity contribution < 1.29 is 9.66 Å². The number of nitrogens with zero attached hydrogens (tertiary/aromatic N) is 2. The molecule has 0 amide bonds. The van der Waals surface area contributed by atoms with Gasteiger partial charge in [-0.25, -0.2) is 4.98 Å². The van der Waals surface area contributed by atoms with Crippen molar-refractivity contribution in [2.75, 3.05) is 0 Å². The Labute approximate surface area is 126 Å². The van der Waals surface area contributed by atoms with E-state index in [0.29, 0.717) is 21.4 Å². The maximum absolute atomic E-state index is 10.8. The first-order valence-electron chi connectivity index (χ1n) is 5.23. The van der Waals surface area contributed by atoms with Crippen LogP contribution >= 0.6 is 31.9 Å². The van der Waals surface area contributed by atoms with Gasteiger partial charge in [0, 0.05) is 23.2 Å². The molecule has 1 heterocycles. The van der Waals surface area contributed by atoms with Gasteiger partial charge in [0.15, 0.2) is 5.75 Å². The molecule has 0 atom stereocenters. The Balaban J connectivity index is 2.37. The van der Waals surface area contributed by atoms with Crippen molar-refractivity contribution >= 4 is 37.5 Å². The van der Waals surface area contributed by atoms with Crippen molar-refractivity contribution in [1.82, 2.24) is 4.98 Å². The van der Waals surface area contributed by atoms with E-state index in [-0.39, 0.29) is 5.69 Å². The maximum Gasteiger partial charge on any atom is 0.273 e. The number of halogens is 2. The smallest absolute Gasteiger partial charge is 0.273 e. The third-order valence-corrected chi connectivity index (χ3v) is 3.59. The molecule has 19 heavy (non-hydrogen) atoms. The van der Waals surface area contributed by atoms with Gasteiger partial charge in [-0.3, -0.25) is 10.1 Å². The number of ether oxygens (including phenoxy) is 1. The number of rotatable bonds is 4. The predicted octanol–water partition coefficient (Wildman–Crippen LogP) is 4.44. The highest BCUT2D eigenvalue weighted by Crippen LogP contribution is 2.33. The van der Waals surface area contributed by atoms with Crippen LogP contribution in [0, 0.1) is 10.1 Å². The second kappa shape index (κ2) is 6.12. The van der Waals surface area contributed by atoms with Crippen LogP contribution in [-0.2, 0) is 5.33 Å². The van der Waals surface area contributed by atoms with Gasteiger partial charge < -0.3 is 4.74 Å². The molecule has 0 saturated carbocycles. The zero-order chi connectivity index (χ0) is 13.8. The summed E-state index contributed by atoms with van der Waals surface area (Å²) in [5, 5.41) is 11.3. The zero-order valence-electron chi connectivity index (χ0n) is 9.55. The maximum atomic E-state index is 10.8. The molecule has 1 aromatic heterocycles. The lowest BCUT2D eigenvalue weighted by atomic mass is 10.3. The van der Waals surface area contributed by atoms with Crippen molar-refractivity contribution in [2.45, 2.75) is 5.33 Å². The van der Waals surface area contributed by atoms with E-state index in [1.165, 1.54) is 12.1 Å². The van der Waals surface area contributed by atoms with Crippen LogP contribution in [0.15, 0.2) is 41.0 Å². The van der Waals surface area contributed by atoms with Crippen molar-refractivity contribution in [3.05, 3.63) is 56.7 Å². The minimum absolute atomic E-state index is 0.0328. The van der Waals surface area contributed by atoms with E-state index in [1.54, 1.807) is 18.3 Å². The molecule has 1 aromatic carbocycles. The van der Waals surface area contributed by atoms with Gasteiger partial charge in [0.1, 0.15) is 0 Å². The summed E-state index contributed by atoms with van der Waals surface area (Å²) in [4.78, 5) is 14.4. The summed E-state index contributed by atoms with van der Waals surface area (Å²) in [6.45, 7) is 0. The predicted molar refractivity (Wildman–Crippen MR) is 77.7 cm³/mol. The quantitative estimate of drug-likeness (QED) is 0.442. The second-order valence-electron chi connectivity index (χ2n) is 3.58. The standard InChI is InChI=1S/C12H8Br2N2O3/c13-7-8-2-1-5-15-12(8)19-11-6-9(16(17)18)3-4-10(11)14/h1-6H,7H2. The van der Waals surface area contributed by atoms with E-state index in [1.807, 2.05) is 6.07 Å². The van der Waals surface area contributed by atoms with Gasteiger partial charge >= 0.3 is 0 Å². The highest BCUT2D eigenvalue weighted by atomic mass is 79.9. The fraction of sp³-hybridized carbons (Fsp3) is 0.0833. The summed E-state index contributed by atoms with van der Waals surface area (Å²) in [7, 11) is 0. The molecule has 0 aliphatic rings. The van der Waals surface area contributed by atoms with Crippen LogP contribution in [0.25, 0.3) is 0 Å². The van der Waals surface area contributed by atoms with Crippen molar-refractivity contribution in [3.8, 4) is 11.6 Å². The molecule has 0 radical (unpaired) electrons. The molecule has 0 aliphatic carbocycles. The van der Waals surface area contributed by atoms with Gasteiger partial charge in [0.05, 0.1) is 15.5 Å². The zero-order valence-corrected chi connectivity index (χ0v) is 12.7. The fourth-order valence-electron chi connectivity index (χ4n) is 1.41. The van der Waals surface area contributed by atoms with Crippen LogP contribution < -0.4 is 4.74 Å². The number of hydrogen-bond acceptors (Lipinski definition) is 4. The Hall–Kier alpha value is -1.47. The van der Waals surface area contributed by atoms with Crippen LogP contribution in [0.4, 0.5) is 5.69 Å². The molecule has 2 aromatic rings. The molecule has 7 heteroatoms. The Morgan fingerprint density at radius 2 is 2.16 bits per heavy atom. The Kier molecular flexibility index (Phi) is 4.49. The van der Waals surface area contributed by atoms with Crippen molar-refractivity contribution in [1.29, 1.82) is 0 Å². The third kappa shape index (κ3) is 3.30. The van der Waals surface area contributed by atoms with Gasteiger partial charge in [0.2, 0.25) is 5.88 Å². The van der Waals surface area contributed by atoms with Gasteiger partial charge in [-0.2, -0.15) is 0 Å². The first-order valence-corrected chi connectivity index (χ1v) is 7.15. The van der Waals surface area contributed by atoms with Gasteiger partial charge in [-0.05, 0) is 28.1 Å². The molecule has 0 saturated heterocycles. The fourth-order valence-corrected chi connectivity index (χ4v) is 2.16. The van der Waals surface area contributed by atoms with Gasteiger partial charge in [-0.15, -0.1) is 0 Å². The number of benzene rings is 1. The van der Waals surface area contributed by atoms with E-state index in [9.17, 15) is 10.1 Å². The molecule has 0 bridgehead atoms. The Morgan fingerprint density at radius 3 is 2.84 bits per heavy atom. The number of nitro benzene ring substituents is 1. The van der Waals surface area contributed by atoms with Crippen LogP contribution in [0.3, 0.4) is 0 Å². The number of hydrogen-bond donors (Lipinski definition) is 0. The summed E-state index contributed by atoms with van der Waals surface area (Å²) in [6.07, 6.45) is 1.60. The number of alkyl halides is 1. The largest absolute Gasteiger partial charge is 0.437 e. The minimum Gasteiger partial charge on any atom is -0.437 e. The lowest BCUT2D eigenvalue weighted by molar-refractivity contribution is -0.384. The highest BCUT2D eigenvalue weighted by Gasteiger charge is 2.13. The SMILES string of the molecule is O=[N+]([O-])c1ccc(Br)c(Oc2ncccc2CBr)c1. The van der Waals surface area contributed by atoms with Gasteiger partial charge in [-0.1, -0.05) is 22.0 Å². The van der Waals surface area contributed by atoms with E-state index in [0.717, 1.165) is 5.56 Å². The average molecular weight is 388 g/mol. The number of pyridine rings is 1. The molecule has 0 unspecified atom stereocenters. The molecular formula is C12H8Br2N2O3. The molecule has 0 spiro atoms. The monoisotopic (exact) mass is 386 g/mol. The lowest BCUT2D eigenvalue weighted by Gasteiger charge is -2.09. The molecule has 2 rings (SSSR count). The molecule has 0 N–H and O–H groups in total. The molecule has 0 aliphatic heterocycles. The first kappa shape index (κ1) is 14.0. The van der Waals surface area contributed by atoms with E-state index in [2.05, 4.69) is 36.8 Å². The highest BCUT2D eigenvalue weighted by molar-refractivity contribution is 9.10. The average Bonchev–Trinajstić information content (AvgIpc) is 2.41. The summed E-state index contributed by atoms with van der Waals surface area (Å²) >= 11 is 6.63. The Morgan fingerprint density at radius 1 is 1.37 bits per heavy atom. The van der Waals surface area contributed by atoms with Crippen molar-refractivity contribution in [2.24, 2.45) is 0 Å². The number of non-ortho nitro benzene ring substituents is 1. The van der Waals surface area contributed by atoms with E-state index < -0.39 is 4.92 Å². The summed E-state index contributed by atoms with van der Waals surface area (Å²) in [5.74, 6) is 0.774. The summed E-state index contributed by atoms with van der Waals surface area (Å²) in [6, 6.07) is 8.00. The molecule has 5 nitrogen and oxygen atoms in total. The molecule has 98 valence electrons. The topological polar surface area (TPSA) is 65.3 Å². The van der Waals surface area contributed by atoms with Crippen molar-refractivity contribution in [3.63, 3.8) is 0 Å². The summed E-state index contributed by atoms with van der Waals surface area (Å²) in [5.41, 5.74) is 0.829. The lowest BCUT2D eigenvalue weighted by Crippen LogP contribution is -1.94. The number of nitro groups is 1. The minimum atomic E-state index is -0.469. The van der Waals surface area contributed by atoms with Crippen LogP contribution in [-0.4, -0.2) is 9.91 Å². The van der Waals surface area contributed by atoms with E-state index in [4.69, 9.17) is 4.74 Å². The van der Waals surface area contributed by atoms with E-state index >= 15 is 0 Å². The number of aromatic nitrogens is 1. The molecular weight excluding hydrogens is 380 g/mol. The summed E-state index contributed by atoms with van der Waals surface area (Å²) < 4.78 is 6.26. The van der Waals surface area contributed by atoms with Gasteiger partial charge in [0.25, 0.3) is 5.69 Å².